The largest absolute Gasteiger partial charge is 0.456 e. The molecule has 0 saturated heterocycles. The van der Waals surface area contributed by atoms with E-state index in [1.54, 1.807) is 6.07 Å². The van der Waals surface area contributed by atoms with Crippen LogP contribution in [0.2, 0.25) is 0 Å². The van der Waals surface area contributed by atoms with E-state index in [0.29, 0.717) is 17.9 Å². The van der Waals surface area contributed by atoms with Crippen molar-refractivity contribution in [2.75, 3.05) is 0 Å². The summed E-state index contributed by atoms with van der Waals surface area (Å²) < 4.78 is 18.7. The van der Waals surface area contributed by atoms with Crippen LogP contribution in [-0.2, 0) is 6.54 Å². The van der Waals surface area contributed by atoms with Gasteiger partial charge in [-0.3, -0.25) is 0 Å². The summed E-state index contributed by atoms with van der Waals surface area (Å²) in [7, 11) is 0. The smallest absolute Gasteiger partial charge is 0.170 e. The van der Waals surface area contributed by atoms with Gasteiger partial charge in [-0.25, -0.2) is 4.39 Å². The van der Waals surface area contributed by atoms with Gasteiger partial charge in [-0.2, -0.15) is 0 Å². The molecule has 2 N–H and O–H groups in total. The van der Waals surface area contributed by atoms with Gasteiger partial charge in [-0.05, 0) is 25.5 Å². The Hall–Kier alpha value is -1.35. The number of fused-ring (bicyclic) bond motifs is 1. The first-order valence-corrected chi connectivity index (χ1v) is 4.52. The second kappa shape index (κ2) is 3.10. The highest BCUT2D eigenvalue weighted by molar-refractivity contribution is 5.85. The fourth-order valence-electron chi connectivity index (χ4n) is 1.76. The van der Waals surface area contributed by atoms with Crippen LogP contribution in [0, 0.1) is 19.7 Å². The van der Waals surface area contributed by atoms with Gasteiger partial charge >= 0.3 is 0 Å². The fraction of sp³-hybridized carbons (Fsp3) is 0.273. The van der Waals surface area contributed by atoms with Crippen molar-refractivity contribution in [2.45, 2.75) is 20.4 Å². The lowest BCUT2D eigenvalue weighted by Crippen LogP contribution is -1.95. The molecule has 1 aromatic carbocycles. The summed E-state index contributed by atoms with van der Waals surface area (Å²) in [6.45, 7) is 4.14. The van der Waals surface area contributed by atoms with Crippen LogP contribution >= 0.6 is 0 Å². The predicted molar refractivity (Wildman–Crippen MR) is 53.5 cm³/mol. The Bertz CT molecular complexity index is 487. The van der Waals surface area contributed by atoms with E-state index in [-0.39, 0.29) is 5.82 Å². The normalized spacial score (nSPS) is 11.1. The molecule has 14 heavy (non-hydrogen) atoms. The summed E-state index contributed by atoms with van der Waals surface area (Å²) in [5.74, 6) is 0.335. The molecule has 0 unspecified atom stereocenters. The van der Waals surface area contributed by atoms with Crippen molar-refractivity contribution in [3.05, 3.63) is 34.8 Å². The molecule has 0 atom stereocenters. The summed E-state index contributed by atoms with van der Waals surface area (Å²) in [6.07, 6.45) is 0. The van der Waals surface area contributed by atoms with Gasteiger partial charge in [-0.15, -0.1) is 0 Å². The van der Waals surface area contributed by atoms with Gasteiger partial charge in [0.15, 0.2) is 11.4 Å². The highest BCUT2D eigenvalue weighted by Crippen LogP contribution is 2.29. The predicted octanol–water partition coefficient (Wildman–Crippen LogP) is 2.65. The summed E-state index contributed by atoms with van der Waals surface area (Å²) in [6, 6.07) is 3.17. The SMILES string of the molecule is Cc1ccc(F)c2oc(CN)c(C)c12. The van der Waals surface area contributed by atoms with E-state index in [2.05, 4.69) is 0 Å². The molecule has 3 heteroatoms. The highest BCUT2D eigenvalue weighted by Gasteiger charge is 2.14. The minimum Gasteiger partial charge on any atom is -0.456 e. The Morgan fingerprint density at radius 2 is 2.07 bits per heavy atom. The van der Waals surface area contributed by atoms with Crippen LogP contribution in [0.4, 0.5) is 4.39 Å². The third kappa shape index (κ3) is 1.13. The van der Waals surface area contributed by atoms with Gasteiger partial charge in [0.1, 0.15) is 5.76 Å². The Morgan fingerprint density at radius 1 is 1.36 bits per heavy atom. The lowest BCUT2D eigenvalue weighted by atomic mass is 10.1. The molecule has 1 aromatic heterocycles. The quantitative estimate of drug-likeness (QED) is 0.756. The van der Waals surface area contributed by atoms with Crippen LogP contribution in [0.1, 0.15) is 16.9 Å². The highest BCUT2D eigenvalue weighted by atomic mass is 19.1. The van der Waals surface area contributed by atoms with Crippen LogP contribution in [0.5, 0.6) is 0 Å². The van der Waals surface area contributed by atoms with E-state index in [4.69, 9.17) is 10.2 Å². The Morgan fingerprint density at radius 3 is 2.64 bits per heavy atom. The second-order valence-corrected chi connectivity index (χ2v) is 3.42. The summed E-state index contributed by atoms with van der Waals surface area (Å²) in [5.41, 5.74) is 7.78. The van der Waals surface area contributed by atoms with Crippen molar-refractivity contribution in [1.29, 1.82) is 0 Å². The van der Waals surface area contributed by atoms with E-state index in [0.717, 1.165) is 16.5 Å². The number of hydrogen-bond donors (Lipinski definition) is 1. The maximum absolute atomic E-state index is 13.4. The molecule has 2 nitrogen and oxygen atoms in total. The molecule has 2 aromatic rings. The Balaban J connectivity index is 2.90. The molecule has 0 saturated carbocycles. The lowest BCUT2D eigenvalue weighted by molar-refractivity contribution is 0.519. The van der Waals surface area contributed by atoms with Gasteiger partial charge in [0.25, 0.3) is 0 Å². The summed E-state index contributed by atoms with van der Waals surface area (Å²) in [5, 5.41) is 0.852. The molecular weight excluding hydrogens is 181 g/mol. The molecule has 0 aliphatic carbocycles. The summed E-state index contributed by atoms with van der Waals surface area (Å²) >= 11 is 0. The molecular formula is C11H12FNO. The lowest BCUT2D eigenvalue weighted by Gasteiger charge is -1.96. The van der Waals surface area contributed by atoms with Crippen molar-refractivity contribution < 1.29 is 8.81 Å². The van der Waals surface area contributed by atoms with Crippen LogP contribution in [0.3, 0.4) is 0 Å². The van der Waals surface area contributed by atoms with Crippen molar-refractivity contribution in [1.82, 2.24) is 0 Å². The fourth-order valence-corrected chi connectivity index (χ4v) is 1.76. The first-order valence-electron chi connectivity index (χ1n) is 4.52. The van der Waals surface area contributed by atoms with Crippen molar-refractivity contribution in [3.63, 3.8) is 0 Å². The molecule has 0 fully saturated rings. The third-order valence-corrected chi connectivity index (χ3v) is 2.52. The standard InChI is InChI=1S/C11H12FNO/c1-6-3-4-8(12)11-10(6)7(2)9(5-13)14-11/h3-4H,5,13H2,1-2H3. The number of rotatable bonds is 1. The van der Waals surface area contributed by atoms with E-state index in [1.807, 2.05) is 13.8 Å². The van der Waals surface area contributed by atoms with Gasteiger partial charge in [0, 0.05) is 10.9 Å². The van der Waals surface area contributed by atoms with E-state index in [1.165, 1.54) is 6.07 Å². The zero-order valence-electron chi connectivity index (χ0n) is 8.23. The molecule has 0 radical (unpaired) electrons. The Labute approximate surface area is 81.5 Å². The molecule has 0 aliphatic rings. The molecule has 0 bridgehead atoms. The average Bonchev–Trinajstić information content (AvgIpc) is 2.51. The molecule has 1 heterocycles. The zero-order chi connectivity index (χ0) is 10.3. The minimum absolute atomic E-state index is 0.305. The molecule has 0 amide bonds. The van der Waals surface area contributed by atoms with Crippen molar-refractivity contribution in [3.8, 4) is 0 Å². The van der Waals surface area contributed by atoms with Gasteiger partial charge in [0.2, 0.25) is 0 Å². The second-order valence-electron chi connectivity index (χ2n) is 3.42. The van der Waals surface area contributed by atoms with Gasteiger partial charge in [0.05, 0.1) is 6.54 Å². The van der Waals surface area contributed by atoms with Crippen LogP contribution in [0.15, 0.2) is 16.5 Å². The van der Waals surface area contributed by atoms with E-state index < -0.39 is 0 Å². The summed E-state index contributed by atoms with van der Waals surface area (Å²) in [4.78, 5) is 0. The number of hydrogen-bond acceptors (Lipinski definition) is 2. The van der Waals surface area contributed by atoms with Crippen LogP contribution < -0.4 is 5.73 Å². The maximum Gasteiger partial charge on any atom is 0.170 e. The van der Waals surface area contributed by atoms with Crippen molar-refractivity contribution >= 4 is 11.0 Å². The van der Waals surface area contributed by atoms with Crippen LogP contribution in [0.25, 0.3) is 11.0 Å². The molecule has 2 rings (SSSR count). The number of aryl methyl sites for hydroxylation is 2. The number of furan rings is 1. The van der Waals surface area contributed by atoms with Gasteiger partial charge in [-0.1, -0.05) is 6.07 Å². The monoisotopic (exact) mass is 193 g/mol. The minimum atomic E-state index is -0.326. The molecule has 0 aliphatic heterocycles. The zero-order valence-corrected chi connectivity index (χ0v) is 8.23. The molecule has 0 spiro atoms. The Kier molecular flexibility index (Phi) is 2.04. The van der Waals surface area contributed by atoms with E-state index in [9.17, 15) is 4.39 Å². The topological polar surface area (TPSA) is 39.2 Å². The number of nitrogens with two attached hydrogens (primary N) is 1. The number of benzene rings is 1. The van der Waals surface area contributed by atoms with Crippen LogP contribution in [-0.4, -0.2) is 0 Å². The van der Waals surface area contributed by atoms with E-state index >= 15 is 0 Å². The maximum atomic E-state index is 13.4. The first kappa shape index (κ1) is 9.21. The van der Waals surface area contributed by atoms with Crippen molar-refractivity contribution in [2.24, 2.45) is 5.73 Å². The average molecular weight is 193 g/mol. The first-order chi connectivity index (χ1) is 6.65. The third-order valence-electron chi connectivity index (χ3n) is 2.52. The molecule has 74 valence electrons. The van der Waals surface area contributed by atoms with Gasteiger partial charge < -0.3 is 10.2 Å². The number of halogens is 1.